The lowest BCUT2D eigenvalue weighted by Gasteiger charge is -2.25. The van der Waals surface area contributed by atoms with Gasteiger partial charge in [0.1, 0.15) is 17.0 Å². The molecule has 3 nitrogen and oxygen atoms in total. The van der Waals surface area contributed by atoms with Crippen LogP contribution in [0, 0.1) is 19.7 Å². The summed E-state index contributed by atoms with van der Waals surface area (Å²) in [5.74, 6) is 0.608. The second kappa shape index (κ2) is 5.48. The number of carbonyl (C=O) groups excluding carboxylic acids is 1. The molecule has 1 aliphatic rings. The number of hydrogen-bond donors (Lipinski definition) is 0. The van der Waals surface area contributed by atoms with Gasteiger partial charge in [-0.3, -0.25) is 9.69 Å². The van der Waals surface area contributed by atoms with Crippen LogP contribution in [0.15, 0.2) is 36.4 Å². The molecule has 21 heavy (non-hydrogen) atoms. The summed E-state index contributed by atoms with van der Waals surface area (Å²) in [4.78, 5) is 18.2. The van der Waals surface area contributed by atoms with E-state index in [0.717, 1.165) is 11.3 Å². The highest BCUT2D eigenvalue weighted by Crippen LogP contribution is 2.43. The lowest BCUT2D eigenvalue weighted by Crippen LogP contribution is -2.29. The van der Waals surface area contributed by atoms with Crippen LogP contribution >= 0.6 is 11.8 Å². The van der Waals surface area contributed by atoms with Crippen molar-refractivity contribution in [2.45, 2.75) is 19.2 Å². The van der Waals surface area contributed by atoms with Crippen LogP contribution in [0.4, 0.5) is 10.2 Å². The molecule has 1 atom stereocenters. The Labute approximate surface area is 127 Å². The lowest BCUT2D eigenvalue weighted by molar-refractivity contribution is -0.115. The topological polar surface area (TPSA) is 33.2 Å². The number of halogens is 1. The highest BCUT2D eigenvalue weighted by molar-refractivity contribution is 8.00. The summed E-state index contributed by atoms with van der Waals surface area (Å²) in [5.41, 5.74) is 2.25. The van der Waals surface area contributed by atoms with Crippen LogP contribution in [-0.2, 0) is 4.79 Å². The maximum absolute atomic E-state index is 14.2. The first-order chi connectivity index (χ1) is 10.1. The quantitative estimate of drug-likeness (QED) is 0.849. The number of thioether (sulfide) groups is 1. The van der Waals surface area contributed by atoms with Gasteiger partial charge in [-0.25, -0.2) is 9.37 Å². The molecule has 0 saturated carbocycles. The Morgan fingerprint density at radius 3 is 2.71 bits per heavy atom. The molecule has 5 heteroatoms. The smallest absolute Gasteiger partial charge is 0.239 e. The minimum atomic E-state index is -0.354. The second-order valence-corrected chi connectivity index (χ2v) is 6.10. The molecule has 1 amide bonds. The minimum absolute atomic E-state index is 0.0363. The Morgan fingerprint density at radius 1 is 1.24 bits per heavy atom. The van der Waals surface area contributed by atoms with Crippen LogP contribution in [-0.4, -0.2) is 16.6 Å². The van der Waals surface area contributed by atoms with Gasteiger partial charge in [0.25, 0.3) is 0 Å². The number of aryl methyl sites for hydroxylation is 2. The molecule has 2 aromatic rings. The van der Waals surface area contributed by atoms with Gasteiger partial charge in [0.15, 0.2) is 0 Å². The molecule has 0 radical (unpaired) electrons. The van der Waals surface area contributed by atoms with Gasteiger partial charge < -0.3 is 0 Å². The zero-order chi connectivity index (χ0) is 15.0. The number of carbonyl (C=O) groups is 1. The Morgan fingerprint density at radius 2 is 2.00 bits per heavy atom. The number of benzene rings is 1. The molecule has 108 valence electrons. The second-order valence-electron chi connectivity index (χ2n) is 5.03. The van der Waals surface area contributed by atoms with Crippen molar-refractivity contribution in [1.82, 2.24) is 4.98 Å². The van der Waals surface area contributed by atoms with Crippen LogP contribution in [0.25, 0.3) is 0 Å². The largest absolute Gasteiger partial charge is 0.279 e. The van der Waals surface area contributed by atoms with Crippen molar-refractivity contribution in [1.29, 1.82) is 0 Å². The number of rotatable bonds is 2. The maximum Gasteiger partial charge on any atom is 0.239 e. The van der Waals surface area contributed by atoms with Crippen molar-refractivity contribution < 1.29 is 9.18 Å². The van der Waals surface area contributed by atoms with E-state index < -0.39 is 0 Å². The maximum atomic E-state index is 14.2. The van der Waals surface area contributed by atoms with Crippen LogP contribution < -0.4 is 4.90 Å². The third-order valence-electron chi connectivity index (χ3n) is 3.51. The molecule has 0 N–H and O–H groups in total. The summed E-state index contributed by atoms with van der Waals surface area (Å²) in [6.45, 7) is 3.74. The molecule has 0 bridgehead atoms. The molecule has 1 unspecified atom stereocenters. The minimum Gasteiger partial charge on any atom is -0.279 e. The zero-order valence-corrected chi connectivity index (χ0v) is 12.7. The Kier molecular flexibility index (Phi) is 3.68. The van der Waals surface area contributed by atoms with E-state index in [1.54, 1.807) is 17.0 Å². The highest BCUT2D eigenvalue weighted by atomic mass is 32.2. The Bertz CT molecular complexity index is 684. The first-order valence-corrected chi connectivity index (χ1v) is 7.75. The van der Waals surface area contributed by atoms with Gasteiger partial charge in [0.2, 0.25) is 5.91 Å². The van der Waals surface area contributed by atoms with E-state index in [1.165, 1.54) is 17.8 Å². The van der Waals surface area contributed by atoms with Gasteiger partial charge in [0.05, 0.1) is 5.75 Å². The van der Waals surface area contributed by atoms with Crippen LogP contribution in [0.2, 0.25) is 0 Å². The molecule has 0 spiro atoms. The van der Waals surface area contributed by atoms with E-state index in [1.807, 2.05) is 32.0 Å². The van der Waals surface area contributed by atoms with Gasteiger partial charge in [-0.05, 0) is 37.6 Å². The summed E-state index contributed by atoms with van der Waals surface area (Å²) < 4.78 is 14.2. The molecular formula is C16H15FN2OS. The van der Waals surface area contributed by atoms with E-state index in [0.29, 0.717) is 17.1 Å². The van der Waals surface area contributed by atoms with Crippen LogP contribution in [0.5, 0.6) is 0 Å². The fourth-order valence-electron chi connectivity index (χ4n) is 2.51. The van der Waals surface area contributed by atoms with Gasteiger partial charge in [0, 0.05) is 11.3 Å². The van der Waals surface area contributed by atoms with Gasteiger partial charge in [-0.1, -0.05) is 18.2 Å². The SMILES string of the molecule is Cc1cccc(N2C(=O)CSC2c2c(C)cccc2F)n1. The summed E-state index contributed by atoms with van der Waals surface area (Å²) >= 11 is 1.44. The molecule has 1 aromatic heterocycles. The molecule has 3 rings (SSSR count). The van der Waals surface area contributed by atoms with Gasteiger partial charge in [-0.15, -0.1) is 11.8 Å². The fraction of sp³-hybridized carbons (Fsp3) is 0.250. The fourth-order valence-corrected chi connectivity index (χ4v) is 3.79. The number of hydrogen-bond acceptors (Lipinski definition) is 3. The number of anilines is 1. The highest BCUT2D eigenvalue weighted by Gasteiger charge is 2.37. The van der Waals surface area contributed by atoms with Crippen molar-refractivity contribution in [2.24, 2.45) is 0 Å². The summed E-state index contributed by atoms with van der Waals surface area (Å²) in [6, 6.07) is 10.5. The average Bonchev–Trinajstić information content (AvgIpc) is 2.80. The van der Waals surface area contributed by atoms with Crippen molar-refractivity contribution in [3.63, 3.8) is 0 Å². The van der Waals surface area contributed by atoms with E-state index in [9.17, 15) is 9.18 Å². The first kappa shape index (κ1) is 14.1. The Hall–Kier alpha value is -1.88. The summed E-state index contributed by atoms with van der Waals surface area (Å²) in [6.07, 6.45) is 0. The standard InChI is InChI=1S/C16H15FN2OS/c1-10-5-3-7-12(17)15(10)16-19(14(20)9-21-16)13-8-4-6-11(2)18-13/h3-8,16H,9H2,1-2H3. The van der Waals surface area contributed by atoms with E-state index in [4.69, 9.17) is 0 Å². The van der Waals surface area contributed by atoms with Crippen LogP contribution in [0.1, 0.15) is 22.2 Å². The van der Waals surface area contributed by atoms with Crippen molar-refractivity contribution in [3.8, 4) is 0 Å². The number of aromatic nitrogens is 1. The number of nitrogens with zero attached hydrogens (tertiary/aromatic N) is 2. The lowest BCUT2D eigenvalue weighted by atomic mass is 10.1. The molecule has 1 aromatic carbocycles. The predicted octanol–water partition coefficient (Wildman–Crippen LogP) is 3.62. The molecule has 1 aliphatic heterocycles. The normalized spacial score (nSPS) is 18.3. The van der Waals surface area contributed by atoms with E-state index >= 15 is 0 Å². The Balaban J connectivity index is 2.08. The predicted molar refractivity (Wildman–Crippen MR) is 82.8 cm³/mol. The van der Waals surface area contributed by atoms with Crippen molar-refractivity contribution in [2.75, 3.05) is 10.7 Å². The average molecular weight is 302 g/mol. The van der Waals surface area contributed by atoms with Crippen molar-refractivity contribution in [3.05, 3.63) is 59.0 Å². The van der Waals surface area contributed by atoms with Gasteiger partial charge >= 0.3 is 0 Å². The summed E-state index contributed by atoms with van der Waals surface area (Å²) in [7, 11) is 0. The van der Waals surface area contributed by atoms with E-state index in [-0.39, 0.29) is 17.1 Å². The number of amides is 1. The molecule has 2 heterocycles. The molecule has 1 fully saturated rings. The zero-order valence-electron chi connectivity index (χ0n) is 11.8. The van der Waals surface area contributed by atoms with E-state index in [2.05, 4.69) is 4.98 Å². The molecule has 0 aliphatic carbocycles. The first-order valence-electron chi connectivity index (χ1n) is 6.70. The summed E-state index contributed by atoms with van der Waals surface area (Å²) in [5, 5.41) is -0.354. The van der Waals surface area contributed by atoms with Gasteiger partial charge in [-0.2, -0.15) is 0 Å². The van der Waals surface area contributed by atoms with Crippen molar-refractivity contribution >= 4 is 23.5 Å². The third-order valence-corrected chi connectivity index (χ3v) is 4.68. The monoisotopic (exact) mass is 302 g/mol. The third kappa shape index (κ3) is 2.53. The van der Waals surface area contributed by atoms with Crippen LogP contribution in [0.3, 0.4) is 0 Å². The number of pyridine rings is 1. The molecular weight excluding hydrogens is 287 g/mol. The molecule has 1 saturated heterocycles.